The molecule has 140 valence electrons. The lowest BCUT2D eigenvalue weighted by molar-refractivity contribution is 0.371. The molecule has 1 aliphatic heterocycles. The predicted molar refractivity (Wildman–Crippen MR) is 106 cm³/mol. The number of halogens is 2. The molecular formula is C19H17Cl2N3O2S. The highest BCUT2D eigenvalue weighted by atomic mass is 35.5. The number of hydrogen-bond acceptors (Lipinski definition) is 3. The highest BCUT2D eigenvalue weighted by molar-refractivity contribution is 7.89. The van der Waals surface area contributed by atoms with E-state index in [1.807, 2.05) is 37.5 Å². The van der Waals surface area contributed by atoms with Crippen molar-refractivity contribution in [3.05, 3.63) is 81.6 Å². The molecule has 0 fully saturated rings. The molecule has 0 bridgehead atoms. The second-order valence-corrected chi connectivity index (χ2v) is 9.24. The number of nitrogens with zero attached hydrogens (tertiary/aromatic N) is 3. The van der Waals surface area contributed by atoms with Gasteiger partial charge in [0.1, 0.15) is 4.90 Å². The zero-order valence-electron chi connectivity index (χ0n) is 14.5. The van der Waals surface area contributed by atoms with Crippen LogP contribution in [-0.2, 0) is 23.6 Å². The summed E-state index contributed by atoms with van der Waals surface area (Å²) in [6.45, 7) is 0.573. The Bertz CT molecular complexity index is 1090. The Hall–Kier alpha value is -1.86. The average Bonchev–Trinajstić information content (AvgIpc) is 3.06. The number of benzene rings is 2. The molecule has 0 spiro atoms. The van der Waals surface area contributed by atoms with Crippen molar-refractivity contribution < 1.29 is 8.42 Å². The van der Waals surface area contributed by atoms with Gasteiger partial charge in [-0.1, -0.05) is 53.5 Å². The third kappa shape index (κ3) is 3.27. The highest BCUT2D eigenvalue weighted by Crippen LogP contribution is 2.38. The van der Waals surface area contributed by atoms with Gasteiger partial charge in [-0.25, -0.2) is 8.42 Å². The summed E-state index contributed by atoms with van der Waals surface area (Å²) in [6, 6.07) is 12.6. The lowest BCUT2D eigenvalue weighted by Crippen LogP contribution is -2.38. The molecule has 4 rings (SSSR count). The fraction of sp³-hybridized carbons (Fsp3) is 0.211. The van der Waals surface area contributed by atoms with E-state index in [4.69, 9.17) is 23.2 Å². The van der Waals surface area contributed by atoms with Crippen molar-refractivity contribution in [2.45, 2.75) is 17.4 Å². The first-order valence-corrected chi connectivity index (χ1v) is 10.6. The number of aryl methyl sites for hydroxylation is 1. The van der Waals surface area contributed by atoms with E-state index in [1.165, 1.54) is 16.4 Å². The van der Waals surface area contributed by atoms with Crippen molar-refractivity contribution in [2.24, 2.45) is 7.05 Å². The van der Waals surface area contributed by atoms with Crippen LogP contribution < -0.4 is 0 Å². The van der Waals surface area contributed by atoms with Crippen LogP contribution in [0.4, 0.5) is 0 Å². The Morgan fingerprint density at radius 1 is 1.07 bits per heavy atom. The van der Waals surface area contributed by atoms with Gasteiger partial charge in [-0.15, -0.1) is 0 Å². The second-order valence-electron chi connectivity index (χ2n) is 6.55. The summed E-state index contributed by atoms with van der Waals surface area (Å²) < 4.78 is 29.9. The van der Waals surface area contributed by atoms with E-state index in [0.29, 0.717) is 6.54 Å². The summed E-state index contributed by atoms with van der Waals surface area (Å²) in [5.41, 5.74) is 3.04. The Morgan fingerprint density at radius 3 is 2.44 bits per heavy atom. The van der Waals surface area contributed by atoms with Crippen LogP contribution in [0.1, 0.15) is 22.6 Å². The maximum absolute atomic E-state index is 13.4. The zero-order valence-corrected chi connectivity index (χ0v) is 16.8. The molecule has 0 N–H and O–H groups in total. The Balaban J connectivity index is 1.81. The molecule has 2 heterocycles. The van der Waals surface area contributed by atoms with Gasteiger partial charge in [0, 0.05) is 32.3 Å². The summed E-state index contributed by atoms with van der Waals surface area (Å²) in [5, 5.41) is 4.49. The fourth-order valence-electron chi connectivity index (χ4n) is 3.52. The van der Waals surface area contributed by atoms with Crippen LogP contribution >= 0.6 is 23.2 Å². The molecular weight excluding hydrogens is 405 g/mol. The summed E-state index contributed by atoms with van der Waals surface area (Å²) >= 11 is 12.4. The molecule has 5 nitrogen and oxygen atoms in total. The van der Waals surface area contributed by atoms with Crippen molar-refractivity contribution in [1.29, 1.82) is 0 Å². The molecule has 1 aliphatic rings. The largest absolute Gasteiger partial charge is 0.276 e. The summed E-state index contributed by atoms with van der Waals surface area (Å²) in [7, 11) is -2.01. The average molecular weight is 422 g/mol. The molecule has 0 aliphatic carbocycles. The van der Waals surface area contributed by atoms with E-state index in [9.17, 15) is 8.42 Å². The van der Waals surface area contributed by atoms with Gasteiger partial charge in [-0.2, -0.15) is 9.40 Å². The van der Waals surface area contributed by atoms with Crippen molar-refractivity contribution in [2.75, 3.05) is 6.54 Å². The van der Waals surface area contributed by atoms with Crippen molar-refractivity contribution in [3.8, 4) is 0 Å². The minimum absolute atomic E-state index is 0.0438. The first-order valence-electron chi connectivity index (χ1n) is 8.38. The molecule has 0 saturated heterocycles. The van der Waals surface area contributed by atoms with Crippen molar-refractivity contribution in [1.82, 2.24) is 14.1 Å². The summed E-state index contributed by atoms with van der Waals surface area (Å²) in [6.07, 6.45) is 3.69. The monoisotopic (exact) mass is 421 g/mol. The van der Waals surface area contributed by atoms with Gasteiger partial charge in [-0.05, 0) is 28.8 Å². The molecule has 2 aromatic carbocycles. The number of sulfonamides is 1. The topological polar surface area (TPSA) is 55.2 Å². The van der Waals surface area contributed by atoms with Gasteiger partial charge >= 0.3 is 0 Å². The van der Waals surface area contributed by atoms with Gasteiger partial charge in [-0.3, -0.25) is 4.68 Å². The SMILES string of the molecule is Cn1cc(C2CN(S(=O)(=O)c3c(Cl)cccc3Cl)Cc3ccccc32)cn1. The van der Waals surface area contributed by atoms with Crippen LogP contribution in [0.5, 0.6) is 0 Å². The molecule has 1 aromatic heterocycles. The molecule has 27 heavy (non-hydrogen) atoms. The quantitative estimate of drug-likeness (QED) is 0.640. The van der Waals surface area contributed by atoms with Gasteiger partial charge in [0.2, 0.25) is 10.0 Å². The second kappa shape index (κ2) is 6.95. The minimum atomic E-state index is -3.86. The van der Waals surface area contributed by atoms with Crippen LogP contribution in [0.2, 0.25) is 10.0 Å². The Labute approximate surface area is 168 Å². The van der Waals surface area contributed by atoms with Gasteiger partial charge in [0.05, 0.1) is 16.2 Å². The number of rotatable bonds is 3. The van der Waals surface area contributed by atoms with Crippen LogP contribution in [-0.4, -0.2) is 29.0 Å². The van der Waals surface area contributed by atoms with Crippen LogP contribution in [0.15, 0.2) is 59.8 Å². The minimum Gasteiger partial charge on any atom is -0.276 e. The van der Waals surface area contributed by atoms with Gasteiger partial charge in [0.15, 0.2) is 0 Å². The van der Waals surface area contributed by atoms with Gasteiger partial charge < -0.3 is 0 Å². The first-order chi connectivity index (χ1) is 12.9. The fourth-order valence-corrected chi connectivity index (χ4v) is 6.04. The lowest BCUT2D eigenvalue weighted by Gasteiger charge is -2.34. The molecule has 8 heteroatoms. The van der Waals surface area contributed by atoms with E-state index >= 15 is 0 Å². The van der Waals surface area contributed by atoms with Crippen molar-refractivity contribution in [3.63, 3.8) is 0 Å². The van der Waals surface area contributed by atoms with E-state index in [-0.39, 0.29) is 27.4 Å². The maximum atomic E-state index is 13.4. The molecule has 3 aromatic rings. The molecule has 1 unspecified atom stereocenters. The Morgan fingerprint density at radius 2 is 1.78 bits per heavy atom. The number of aromatic nitrogens is 2. The van der Waals surface area contributed by atoms with E-state index < -0.39 is 10.0 Å². The summed E-state index contributed by atoms with van der Waals surface area (Å²) in [5.74, 6) is -0.111. The van der Waals surface area contributed by atoms with E-state index in [0.717, 1.165) is 16.7 Å². The summed E-state index contributed by atoms with van der Waals surface area (Å²) in [4.78, 5) is -0.0438. The predicted octanol–water partition coefficient (Wildman–Crippen LogP) is 4.06. The van der Waals surface area contributed by atoms with Crippen LogP contribution in [0, 0.1) is 0 Å². The third-order valence-corrected chi connectivity index (χ3v) is 7.58. The zero-order chi connectivity index (χ0) is 19.2. The van der Waals surface area contributed by atoms with Crippen LogP contribution in [0.25, 0.3) is 0 Å². The normalized spacial score (nSPS) is 17.7. The number of hydrogen-bond donors (Lipinski definition) is 0. The Kier molecular flexibility index (Phi) is 4.76. The molecule has 1 atom stereocenters. The first kappa shape index (κ1) is 18.5. The molecule has 0 saturated carbocycles. The third-order valence-electron chi connectivity index (χ3n) is 4.81. The number of fused-ring (bicyclic) bond motifs is 1. The molecule has 0 amide bonds. The van der Waals surface area contributed by atoms with E-state index in [1.54, 1.807) is 16.9 Å². The molecule has 0 radical (unpaired) electrons. The lowest BCUT2D eigenvalue weighted by atomic mass is 9.87. The highest BCUT2D eigenvalue weighted by Gasteiger charge is 2.36. The van der Waals surface area contributed by atoms with Gasteiger partial charge in [0.25, 0.3) is 0 Å². The van der Waals surface area contributed by atoms with Crippen LogP contribution in [0.3, 0.4) is 0 Å². The van der Waals surface area contributed by atoms with E-state index in [2.05, 4.69) is 5.10 Å². The van der Waals surface area contributed by atoms with Crippen molar-refractivity contribution >= 4 is 33.2 Å². The standard InChI is InChI=1S/C19H17Cl2N3O2S/c1-23-10-14(9-22-23)16-12-24(11-13-5-2-3-6-15(13)16)27(25,26)19-17(20)7-4-8-18(19)21/h2-10,16H,11-12H2,1H3. The smallest absolute Gasteiger partial charge is 0.246 e. The maximum Gasteiger partial charge on any atom is 0.246 e.